The van der Waals surface area contributed by atoms with E-state index >= 15 is 0 Å². The number of aryl methyl sites for hydroxylation is 1. The lowest BCUT2D eigenvalue weighted by Crippen LogP contribution is -2.49. The van der Waals surface area contributed by atoms with Gasteiger partial charge >= 0.3 is 11.7 Å². The van der Waals surface area contributed by atoms with Crippen molar-refractivity contribution in [1.29, 1.82) is 0 Å². The predicted molar refractivity (Wildman–Crippen MR) is 105 cm³/mol. The standard InChI is InChI=1S/C20H20N4O6/c1-3-20(14-7-5-4-6-8-14)18(26)23(19(27)21-20)22-17(25)12-30-16-11-13(2)9-10-15(16)24(28)29/h4-11H,3,12H2,1-2H3,(H,21,27)(H,22,25). The number of nitro groups is 1. The number of ether oxygens (including phenoxy) is 1. The Labute approximate surface area is 171 Å². The zero-order valence-corrected chi connectivity index (χ0v) is 16.4. The number of carbonyl (C=O) groups excluding carboxylic acids is 3. The predicted octanol–water partition coefficient (Wildman–Crippen LogP) is 2.17. The highest BCUT2D eigenvalue weighted by Gasteiger charge is 2.52. The highest BCUT2D eigenvalue weighted by molar-refractivity contribution is 6.08. The van der Waals surface area contributed by atoms with Gasteiger partial charge < -0.3 is 10.1 Å². The van der Waals surface area contributed by atoms with Crippen LogP contribution in [-0.2, 0) is 15.1 Å². The lowest BCUT2D eigenvalue weighted by atomic mass is 9.87. The van der Waals surface area contributed by atoms with Crippen molar-refractivity contribution in [3.63, 3.8) is 0 Å². The Morgan fingerprint density at radius 3 is 2.57 bits per heavy atom. The minimum Gasteiger partial charge on any atom is -0.477 e. The summed E-state index contributed by atoms with van der Waals surface area (Å²) < 4.78 is 5.26. The first-order valence-electron chi connectivity index (χ1n) is 9.18. The number of amides is 4. The number of hydrazine groups is 1. The van der Waals surface area contributed by atoms with Crippen LogP contribution in [0.25, 0.3) is 0 Å². The Kier molecular flexibility index (Phi) is 5.67. The molecule has 2 N–H and O–H groups in total. The smallest absolute Gasteiger partial charge is 0.344 e. The Hall–Kier alpha value is -3.95. The highest BCUT2D eigenvalue weighted by atomic mass is 16.6. The fourth-order valence-corrected chi connectivity index (χ4v) is 3.23. The lowest BCUT2D eigenvalue weighted by molar-refractivity contribution is -0.385. The zero-order chi connectivity index (χ0) is 21.9. The van der Waals surface area contributed by atoms with E-state index < -0.39 is 34.9 Å². The number of urea groups is 1. The van der Waals surface area contributed by atoms with Crippen molar-refractivity contribution in [2.75, 3.05) is 6.61 Å². The van der Waals surface area contributed by atoms with E-state index in [0.29, 0.717) is 16.1 Å². The van der Waals surface area contributed by atoms with Crippen molar-refractivity contribution < 1.29 is 24.0 Å². The second-order valence-electron chi connectivity index (χ2n) is 6.75. The molecule has 0 saturated carbocycles. The van der Waals surface area contributed by atoms with Crippen molar-refractivity contribution in [1.82, 2.24) is 15.8 Å². The minimum atomic E-state index is -1.29. The van der Waals surface area contributed by atoms with Crippen LogP contribution in [0.3, 0.4) is 0 Å². The largest absolute Gasteiger partial charge is 0.477 e. The average molecular weight is 412 g/mol. The molecule has 3 rings (SSSR count). The first-order chi connectivity index (χ1) is 14.3. The van der Waals surface area contributed by atoms with Crippen LogP contribution in [0.2, 0.25) is 0 Å². The summed E-state index contributed by atoms with van der Waals surface area (Å²) in [5.41, 5.74) is 1.93. The van der Waals surface area contributed by atoms with Crippen molar-refractivity contribution in [3.05, 3.63) is 69.8 Å². The maximum Gasteiger partial charge on any atom is 0.344 e. The quantitative estimate of drug-likeness (QED) is 0.407. The number of carbonyl (C=O) groups is 3. The van der Waals surface area contributed by atoms with Crippen LogP contribution in [-0.4, -0.2) is 34.4 Å². The molecule has 1 aliphatic rings. The van der Waals surface area contributed by atoms with Gasteiger partial charge in [-0.15, -0.1) is 0 Å². The molecule has 0 aliphatic carbocycles. The van der Waals surface area contributed by atoms with E-state index in [2.05, 4.69) is 10.7 Å². The van der Waals surface area contributed by atoms with Gasteiger partial charge in [0.05, 0.1) is 4.92 Å². The van der Waals surface area contributed by atoms with E-state index in [0.717, 1.165) is 0 Å². The molecular formula is C20H20N4O6. The fraction of sp³-hybridized carbons (Fsp3) is 0.250. The van der Waals surface area contributed by atoms with Crippen LogP contribution in [0.4, 0.5) is 10.5 Å². The molecule has 1 saturated heterocycles. The van der Waals surface area contributed by atoms with Crippen LogP contribution in [0, 0.1) is 17.0 Å². The third kappa shape index (κ3) is 3.79. The van der Waals surface area contributed by atoms with E-state index in [-0.39, 0.29) is 17.9 Å². The van der Waals surface area contributed by atoms with Gasteiger partial charge in [-0.1, -0.05) is 43.3 Å². The number of benzene rings is 2. The Bertz CT molecular complexity index is 1010. The third-order valence-electron chi connectivity index (χ3n) is 4.80. The van der Waals surface area contributed by atoms with Gasteiger partial charge in [0.15, 0.2) is 12.4 Å². The van der Waals surface area contributed by atoms with Crippen molar-refractivity contribution >= 4 is 23.5 Å². The number of nitrogens with zero attached hydrogens (tertiary/aromatic N) is 2. The number of hydrogen-bond donors (Lipinski definition) is 2. The maximum atomic E-state index is 13.0. The molecule has 0 radical (unpaired) electrons. The van der Waals surface area contributed by atoms with Crippen LogP contribution >= 0.6 is 0 Å². The molecule has 1 unspecified atom stereocenters. The Morgan fingerprint density at radius 2 is 1.93 bits per heavy atom. The molecule has 0 aromatic heterocycles. The first-order valence-corrected chi connectivity index (χ1v) is 9.18. The molecule has 2 aromatic carbocycles. The summed E-state index contributed by atoms with van der Waals surface area (Å²) in [6, 6.07) is 12.2. The van der Waals surface area contributed by atoms with Gasteiger partial charge in [0, 0.05) is 6.07 Å². The second kappa shape index (κ2) is 8.19. The van der Waals surface area contributed by atoms with Gasteiger partial charge in [-0.25, -0.2) is 4.79 Å². The van der Waals surface area contributed by atoms with Gasteiger partial charge in [-0.3, -0.25) is 25.1 Å². The number of nitrogens with one attached hydrogen (secondary N) is 2. The fourth-order valence-electron chi connectivity index (χ4n) is 3.23. The third-order valence-corrected chi connectivity index (χ3v) is 4.80. The molecule has 4 amide bonds. The number of rotatable bonds is 7. The summed E-state index contributed by atoms with van der Waals surface area (Å²) in [5, 5.41) is 14.3. The molecule has 10 heteroatoms. The zero-order valence-electron chi connectivity index (χ0n) is 16.4. The van der Waals surface area contributed by atoms with E-state index in [9.17, 15) is 24.5 Å². The molecular weight excluding hydrogens is 392 g/mol. The van der Waals surface area contributed by atoms with Gasteiger partial charge in [0.2, 0.25) is 0 Å². The summed E-state index contributed by atoms with van der Waals surface area (Å²) in [6.45, 7) is 2.85. The molecule has 0 spiro atoms. The summed E-state index contributed by atoms with van der Waals surface area (Å²) in [7, 11) is 0. The lowest BCUT2D eigenvalue weighted by Gasteiger charge is -2.25. The summed E-state index contributed by atoms with van der Waals surface area (Å²) in [6.07, 6.45) is 0.278. The SMILES string of the molecule is CCC1(c2ccccc2)NC(=O)N(NC(=O)COc2cc(C)ccc2[N+](=O)[O-])C1=O. The Morgan fingerprint density at radius 1 is 1.23 bits per heavy atom. The summed E-state index contributed by atoms with van der Waals surface area (Å²) >= 11 is 0. The number of hydrogen-bond acceptors (Lipinski definition) is 6. The molecule has 30 heavy (non-hydrogen) atoms. The monoisotopic (exact) mass is 412 g/mol. The van der Waals surface area contributed by atoms with Crippen LogP contribution in [0.5, 0.6) is 5.75 Å². The van der Waals surface area contributed by atoms with Gasteiger partial charge in [-0.2, -0.15) is 5.01 Å². The molecule has 0 bridgehead atoms. The first kappa shape index (κ1) is 20.8. The second-order valence-corrected chi connectivity index (χ2v) is 6.75. The topological polar surface area (TPSA) is 131 Å². The normalized spacial score (nSPS) is 18.1. The van der Waals surface area contributed by atoms with E-state index in [1.54, 1.807) is 50.2 Å². The van der Waals surface area contributed by atoms with Crippen LogP contribution in [0.1, 0.15) is 24.5 Å². The molecule has 1 fully saturated rings. The van der Waals surface area contributed by atoms with Gasteiger partial charge in [-0.05, 0) is 30.5 Å². The van der Waals surface area contributed by atoms with E-state index in [1.165, 1.54) is 12.1 Å². The van der Waals surface area contributed by atoms with Crippen LogP contribution in [0.15, 0.2) is 48.5 Å². The molecule has 1 atom stereocenters. The number of imide groups is 1. The minimum absolute atomic E-state index is 0.0838. The summed E-state index contributed by atoms with van der Waals surface area (Å²) in [5.74, 6) is -1.52. The molecule has 156 valence electrons. The maximum absolute atomic E-state index is 13.0. The number of nitro benzene ring substituents is 1. The van der Waals surface area contributed by atoms with E-state index in [1.807, 2.05) is 0 Å². The van der Waals surface area contributed by atoms with Crippen LogP contribution < -0.4 is 15.5 Å². The van der Waals surface area contributed by atoms with E-state index in [4.69, 9.17) is 4.74 Å². The summed E-state index contributed by atoms with van der Waals surface area (Å²) in [4.78, 5) is 48.1. The average Bonchev–Trinajstić information content (AvgIpc) is 2.97. The van der Waals surface area contributed by atoms with Gasteiger partial charge in [0.1, 0.15) is 5.54 Å². The van der Waals surface area contributed by atoms with Crippen molar-refractivity contribution in [2.45, 2.75) is 25.8 Å². The van der Waals surface area contributed by atoms with Gasteiger partial charge in [0.25, 0.3) is 11.8 Å². The Balaban J connectivity index is 1.72. The van der Waals surface area contributed by atoms with Crippen molar-refractivity contribution in [2.24, 2.45) is 0 Å². The molecule has 1 aliphatic heterocycles. The highest BCUT2D eigenvalue weighted by Crippen LogP contribution is 2.31. The van der Waals surface area contributed by atoms with Crippen molar-refractivity contribution in [3.8, 4) is 5.75 Å². The molecule has 1 heterocycles. The molecule has 2 aromatic rings. The molecule has 10 nitrogen and oxygen atoms in total.